The van der Waals surface area contributed by atoms with Crippen LogP contribution < -0.4 is 0 Å². The van der Waals surface area contributed by atoms with E-state index < -0.39 is 5.92 Å². The van der Waals surface area contributed by atoms with Crippen LogP contribution in [0.15, 0.2) is 30.6 Å². The second-order valence-corrected chi connectivity index (χ2v) is 3.29. The average Bonchev–Trinajstić information content (AvgIpc) is 2.19. The van der Waals surface area contributed by atoms with Gasteiger partial charge >= 0.3 is 0 Å². The molecule has 0 N–H and O–H groups in total. The van der Waals surface area contributed by atoms with Crippen LogP contribution in [0.5, 0.6) is 0 Å². The molecule has 0 amide bonds. The van der Waals surface area contributed by atoms with Gasteiger partial charge < -0.3 is 0 Å². The van der Waals surface area contributed by atoms with Crippen LogP contribution in [0.4, 0.5) is 0 Å². The fourth-order valence-electron chi connectivity index (χ4n) is 1.17. The molecule has 0 saturated heterocycles. The molecule has 0 spiro atoms. The minimum atomic E-state index is -1.03. The molecule has 94 valence electrons. The summed E-state index contributed by atoms with van der Waals surface area (Å²) in [6, 6.07) is 5.72. The van der Waals surface area contributed by atoms with Crippen molar-refractivity contribution in [2.75, 3.05) is 0 Å². The van der Waals surface area contributed by atoms with Gasteiger partial charge in [0.15, 0.2) is 0 Å². The van der Waals surface area contributed by atoms with Crippen LogP contribution in [0.1, 0.15) is 20.8 Å². The minimum absolute atomic E-state index is 0. The molecule has 0 aliphatic carbocycles. The second-order valence-electron chi connectivity index (χ2n) is 3.29. The van der Waals surface area contributed by atoms with Crippen molar-refractivity contribution >= 4 is 17.3 Å². The van der Waals surface area contributed by atoms with Crippen molar-refractivity contribution in [2.24, 2.45) is 5.92 Å². The third-order valence-electron chi connectivity index (χ3n) is 1.79. The Morgan fingerprint density at radius 1 is 0.824 bits per heavy atom. The summed E-state index contributed by atoms with van der Waals surface area (Å²) < 4.78 is 0. The first kappa shape index (κ1) is 18.1. The zero-order valence-corrected chi connectivity index (χ0v) is 11.1. The normalized spacial score (nSPS) is 8.47. The molecule has 1 aromatic heterocycles. The maximum atomic E-state index is 10.6. The van der Waals surface area contributed by atoms with E-state index in [2.05, 4.69) is 4.98 Å². The molecular weight excluding hydrogens is 262 g/mol. The first-order valence-electron chi connectivity index (χ1n) is 4.83. The number of aromatic nitrogens is 1. The number of pyridine rings is 1. The van der Waals surface area contributed by atoms with E-state index in [9.17, 15) is 14.4 Å². The van der Waals surface area contributed by atoms with Crippen LogP contribution in [0.25, 0.3) is 0 Å². The zero-order chi connectivity index (χ0) is 12.6. The standard InChI is InChI=1S/C7H10O3.C5H5N.Fe/c1-4(8)7(5(2)9)6(3)10;1-2-4-6-5-3-1;/h7H,1-3H3;1-5H;. The Bertz CT molecular complexity index is 305. The third kappa shape index (κ3) is 8.48. The maximum Gasteiger partial charge on any atom is 0.147 e. The van der Waals surface area contributed by atoms with Crippen LogP contribution in [0, 0.1) is 5.92 Å². The molecule has 0 aromatic carbocycles. The molecule has 0 saturated carbocycles. The fourth-order valence-corrected chi connectivity index (χ4v) is 1.17. The average molecular weight is 277 g/mol. The van der Waals surface area contributed by atoms with Crippen molar-refractivity contribution in [2.45, 2.75) is 20.8 Å². The molecule has 1 aromatic rings. The molecule has 0 radical (unpaired) electrons. The van der Waals surface area contributed by atoms with Gasteiger partial charge in [-0.05, 0) is 32.9 Å². The van der Waals surface area contributed by atoms with E-state index in [1.54, 1.807) is 12.4 Å². The molecule has 0 bridgehead atoms. The quantitative estimate of drug-likeness (QED) is 0.619. The van der Waals surface area contributed by atoms with E-state index in [0.29, 0.717) is 0 Å². The summed E-state index contributed by atoms with van der Waals surface area (Å²) in [6.45, 7) is 3.73. The smallest absolute Gasteiger partial charge is 0.147 e. The Morgan fingerprint density at radius 3 is 1.24 bits per heavy atom. The molecule has 0 fully saturated rings. The molecule has 5 heteroatoms. The van der Waals surface area contributed by atoms with Gasteiger partial charge in [-0.2, -0.15) is 0 Å². The van der Waals surface area contributed by atoms with Crippen molar-refractivity contribution in [1.82, 2.24) is 4.98 Å². The largest absolute Gasteiger partial charge is 0.299 e. The van der Waals surface area contributed by atoms with Crippen molar-refractivity contribution in [3.63, 3.8) is 0 Å². The van der Waals surface area contributed by atoms with Gasteiger partial charge in [0.25, 0.3) is 0 Å². The molecule has 17 heavy (non-hydrogen) atoms. The number of nitrogens with zero attached hydrogens (tertiary/aromatic N) is 1. The summed E-state index contributed by atoms with van der Waals surface area (Å²) in [6.07, 6.45) is 3.50. The van der Waals surface area contributed by atoms with E-state index in [1.165, 1.54) is 20.8 Å². The van der Waals surface area contributed by atoms with E-state index in [1.807, 2.05) is 18.2 Å². The van der Waals surface area contributed by atoms with E-state index in [4.69, 9.17) is 0 Å². The zero-order valence-electron chi connectivity index (χ0n) is 9.99. The van der Waals surface area contributed by atoms with Crippen molar-refractivity contribution in [3.05, 3.63) is 30.6 Å². The number of carbonyl (C=O) groups excluding carboxylic acids is 3. The molecule has 0 unspecified atom stereocenters. The Kier molecular flexibility index (Phi) is 10.5. The number of rotatable bonds is 3. The topological polar surface area (TPSA) is 64.1 Å². The first-order chi connectivity index (χ1) is 7.46. The van der Waals surface area contributed by atoms with E-state index >= 15 is 0 Å². The van der Waals surface area contributed by atoms with Crippen molar-refractivity contribution in [3.8, 4) is 0 Å². The molecule has 0 aliphatic rings. The van der Waals surface area contributed by atoms with Gasteiger partial charge in [0.05, 0.1) is 0 Å². The molecule has 4 nitrogen and oxygen atoms in total. The van der Waals surface area contributed by atoms with Gasteiger partial charge in [-0.1, -0.05) is 6.07 Å². The van der Waals surface area contributed by atoms with Crippen LogP contribution in [0.2, 0.25) is 0 Å². The van der Waals surface area contributed by atoms with Gasteiger partial charge in [0, 0.05) is 29.5 Å². The van der Waals surface area contributed by atoms with Crippen LogP contribution >= 0.6 is 0 Å². The van der Waals surface area contributed by atoms with Gasteiger partial charge in [-0.25, -0.2) is 0 Å². The summed E-state index contributed by atoms with van der Waals surface area (Å²) in [5.41, 5.74) is 0. The number of hydrogen-bond acceptors (Lipinski definition) is 4. The Hall–Kier alpha value is -1.32. The van der Waals surface area contributed by atoms with E-state index in [0.717, 1.165) is 0 Å². The predicted octanol–water partition coefficient (Wildman–Crippen LogP) is 1.45. The summed E-state index contributed by atoms with van der Waals surface area (Å²) in [4.78, 5) is 35.5. The van der Waals surface area contributed by atoms with Crippen LogP contribution in [-0.4, -0.2) is 22.3 Å². The molecule has 1 heterocycles. The Morgan fingerprint density at radius 2 is 1.18 bits per heavy atom. The molecule has 1 rings (SSSR count). The predicted molar refractivity (Wildman–Crippen MR) is 59.8 cm³/mol. The number of Topliss-reactive ketones (excluding diaryl/α,β-unsaturated/α-hetero) is 3. The second kappa shape index (κ2) is 9.87. The first-order valence-corrected chi connectivity index (χ1v) is 4.83. The Balaban J connectivity index is 0. The van der Waals surface area contributed by atoms with E-state index in [-0.39, 0.29) is 34.4 Å². The van der Waals surface area contributed by atoms with Crippen molar-refractivity contribution in [1.29, 1.82) is 0 Å². The fraction of sp³-hybridized carbons (Fsp3) is 0.333. The molecule has 0 aliphatic heterocycles. The molecular formula is C12H15FeNO3. The minimum Gasteiger partial charge on any atom is -0.299 e. The number of hydrogen-bond donors (Lipinski definition) is 0. The number of carbonyl (C=O) groups is 3. The van der Waals surface area contributed by atoms with Crippen LogP contribution in [-0.2, 0) is 31.5 Å². The maximum absolute atomic E-state index is 10.6. The van der Waals surface area contributed by atoms with Crippen LogP contribution in [0.3, 0.4) is 0 Å². The van der Waals surface area contributed by atoms with Gasteiger partial charge in [-0.15, -0.1) is 0 Å². The summed E-state index contributed by atoms with van der Waals surface area (Å²) in [7, 11) is 0. The number of ketones is 3. The Labute approximate surface area is 111 Å². The summed E-state index contributed by atoms with van der Waals surface area (Å²) in [5.74, 6) is -2.15. The molecule has 0 atom stereocenters. The SMILES string of the molecule is CC(=O)C(C(C)=O)C(C)=O.[Fe].c1ccncc1. The van der Waals surface area contributed by atoms with Gasteiger partial charge in [-0.3, -0.25) is 19.4 Å². The summed E-state index contributed by atoms with van der Waals surface area (Å²) >= 11 is 0. The van der Waals surface area contributed by atoms with Gasteiger partial charge in [0.1, 0.15) is 23.3 Å². The monoisotopic (exact) mass is 277 g/mol. The van der Waals surface area contributed by atoms with Gasteiger partial charge in [0.2, 0.25) is 0 Å². The third-order valence-corrected chi connectivity index (χ3v) is 1.79. The van der Waals surface area contributed by atoms with Crippen molar-refractivity contribution < 1.29 is 31.5 Å². The summed E-state index contributed by atoms with van der Waals surface area (Å²) in [5, 5.41) is 0.